The molecule has 0 aliphatic heterocycles. The zero-order valence-electron chi connectivity index (χ0n) is 11.1. The molecule has 1 aromatic heterocycles. The minimum absolute atomic E-state index is 0.0487. The van der Waals surface area contributed by atoms with Gasteiger partial charge in [0.05, 0.1) is 5.69 Å². The zero-order chi connectivity index (χ0) is 14.8. The molecule has 2 aromatic rings. The van der Waals surface area contributed by atoms with Crippen LogP contribution in [0.25, 0.3) is 0 Å². The van der Waals surface area contributed by atoms with Crippen molar-refractivity contribution in [3.05, 3.63) is 40.1 Å². The fraction of sp³-hybridized carbons (Fsp3) is 0.231. The number of primary sulfonamides is 1. The van der Waals surface area contributed by atoms with Gasteiger partial charge >= 0.3 is 0 Å². The first-order valence-electron chi connectivity index (χ1n) is 6.14. The summed E-state index contributed by atoms with van der Waals surface area (Å²) in [7, 11) is -3.77. The second-order valence-electron chi connectivity index (χ2n) is 4.37. The van der Waals surface area contributed by atoms with Gasteiger partial charge in [0.1, 0.15) is 4.90 Å². The van der Waals surface area contributed by atoms with Gasteiger partial charge in [-0.15, -0.1) is 11.3 Å². The number of hydrogen-bond acceptors (Lipinski definition) is 5. The van der Waals surface area contributed by atoms with Gasteiger partial charge < -0.3 is 11.1 Å². The summed E-state index contributed by atoms with van der Waals surface area (Å²) in [6, 6.07) is 8.84. The van der Waals surface area contributed by atoms with Crippen molar-refractivity contribution in [1.29, 1.82) is 0 Å². The van der Waals surface area contributed by atoms with Crippen molar-refractivity contribution in [2.24, 2.45) is 5.14 Å². The van der Waals surface area contributed by atoms with E-state index in [1.54, 1.807) is 23.5 Å². The Labute approximate surface area is 122 Å². The maximum atomic E-state index is 11.3. The van der Waals surface area contributed by atoms with Gasteiger partial charge in [0.2, 0.25) is 10.0 Å². The molecule has 0 aliphatic carbocycles. The molecule has 5 N–H and O–H groups in total. The summed E-state index contributed by atoms with van der Waals surface area (Å²) in [6.07, 6.45) is 1.03. The van der Waals surface area contributed by atoms with Crippen molar-refractivity contribution < 1.29 is 8.42 Å². The summed E-state index contributed by atoms with van der Waals surface area (Å²) in [5.74, 6) is 0. The predicted molar refractivity (Wildman–Crippen MR) is 83.3 cm³/mol. The minimum atomic E-state index is -3.77. The van der Waals surface area contributed by atoms with E-state index >= 15 is 0 Å². The van der Waals surface area contributed by atoms with Crippen LogP contribution in [0.2, 0.25) is 0 Å². The van der Waals surface area contributed by atoms with Crippen LogP contribution in [0.1, 0.15) is 16.7 Å². The second kappa shape index (κ2) is 5.82. The highest BCUT2D eigenvalue weighted by Crippen LogP contribution is 2.23. The molecule has 0 saturated carbocycles. The van der Waals surface area contributed by atoms with Gasteiger partial charge in [-0.2, -0.15) is 0 Å². The summed E-state index contributed by atoms with van der Waals surface area (Å²) in [4.78, 5) is 2.51. The Balaban J connectivity index is 2.09. The number of benzene rings is 1. The number of thiophene rings is 1. The molecule has 1 heterocycles. The van der Waals surface area contributed by atoms with E-state index in [4.69, 9.17) is 10.9 Å². The Kier molecular flexibility index (Phi) is 4.32. The van der Waals surface area contributed by atoms with Crippen LogP contribution in [-0.2, 0) is 23.0 Å². The molecule has 7 heteroatoms. The van der Waals surface area contributed by atoms with Crippen molar-refractivity contribution in [1.82, 2.24) is 0 Å². The van der Waals surface area contributed by atoms with Crippen molar-refractivity contribution in [3.8, 4) is 0 Å². The van der Waals surface area contributed by atoms with E-state index in [2.05, 4.69) is 24.4 Å². The molecule has 0 atom stereocenters. The molecular weight excluding hydrogens is 294 g/mol. The van der Waals surface area contributed by atoms with E-state index in [-0.39, 0.29) is 10.6 Å². The first-order valence-corrected chi connectivity index (χ1v) is 8.50. The third kappa shape index (κ3) is 3.50. The van der Waals surface area contributed by atoms with E-state index in [1.165, 1.54) is 15.8 Å². The van der Waals surface area contributed by atoms with Crippen molar-refractivity contribution in [2.45, 2.75) is 24.8 Å². The summed E-state index contributed by atoms with van der Waals surface area (Å²) in [5.41, 5.74) is 6.62. The van der Waals surface area contributed by atoms with Crippen LogP contribution in [0.3, 0.4) is 0 Å². The highest BCUT2D eigenvalue weighted by atomic mass is 32.2. The standard InChI is InChI=1S/C13H17N3O2S2/c1-2-10-4-5-11(19-10)8-16-9-3-6-13(12(14)7-9)20(15,17)18/h3-7,16H,2,8,14H2,1H3,(H2,15,17,18). The van der Waals surface area contributed by atoms with Gasteiger partial charge in [0, 0.05) is 22.0 Å². The van der Waals surface area contributed by atoms with E-state index in [1.807, 2.05) is 0 Å². The van der Waals surface area contributed by atoms with Crippen LogP contribution in [0.5, 0.6) is 0 Å². The summed E-state index contributed by atoms with van der Waals surface area (Å²) < 4.78 is 22.5. The minimum Gasteiger partial charge on any atom is -0.398 e. The number of hydrogen-bond donors (Lipinski definition) is 3. The molecule has 0 spiro atoms. The maximum Gasteiger partial charge on any atom is 0.240 e. The third-order valence-corrected chi connectivity index (χ3v) is 5.06. The maximum absolute atomic E-state index is 11.3. The molecule has 0 saturated heterocycles. The third-order valence-electron chi connectivity index (χ3n) is 2.85. The Hall–Kier alpha value is -1.57. The average Bonchev–Trinajstić information content (AvgIpc) is 2.83. The van der Waals surface area contributed by atoms with Gasteiger partial charge in [-0.05, 0) is 36.8 Å². The molecule has 5 nitrogen and oxygen atoms in total. The Morgan fingerprint density at radius 3 is 2.45 bits per heavy atom. The average molecular weight is 311 g/mol. The lowest BCUT2D eigenvalue weighted by molar-refractivity contribution is 0.598. The van der Waals surface area contributed by atoms with Crippen LogP contribution >= 0.6 is 11.3 Å². The van der Waals surface area contributed by atoms with Crippen LogP contribution in [0.4, 0.5) is 11.4 Å². The topological polar surface area (TPSA) is 98.2 Å². The molecular formula is C13H17N3O2S2. The van der Waals surface area contributed by atoms with Crippen LogP contribution < -0.4 is 16.2 Å². The van der Waals surface area contributed by atoms with Crippen molar-refractivity contribution in [3.63, 3.8) is 0 Å². The molecule has 108 valence electrons. The molecule has 0 bridgehead atoms. The van der Waals surface area contributed by atoms with E-state index in [0.717, 1.165) is 12.1 Å². The quantitative estimate of drug-likeness (QED) is 0.737. The van der Waals surface area contributed by atoms with Gasteiger partial charge in [-0.3, -0.25) is 0 Å². The van der Waals surface area contributed by atoms with E-state index in [9.17, 15) is 8.42 Å². The summed E-state index contributed by atoms with van der Waals surface area (Å²) >= 11 is 1.75. The molecule has 20 heavy (non-hydrogen) atoms. The highest BCUT2D eigenvalue weighted by Gasteiger charge is 2.12. The number of nitrogens with two attached hydrogens (primary N) is 2. The lowest BCUT2D eigenvalue weighted by Gasteiger charge is -2.08. The van der Waals surface area contributed by atoms with Gasteiger partial charge in [-0.25, -0.2) is 13.6 Å². The molecule has 0 amide bonds. The number of rotatable bonds is 5. The lowest BCUT2D eigenvalue weighted by atomic mass is 10.3. The molecule has 0 unspecified atom stereocenters. The first kappa shape index (κ1) is 14.8. The SMILES string of the molecule is CCc1ccc(CNc2ccc(S(N)(=O)=O)c(N)c2)s1. The number of nitrogen functional groups attached to an aromatic ring is 1. The number of nitrogens with one attached hydrogen (secondary N) is 1. The van der Waals surface area contributed by atoms with Crippen LogP contribution in [0.15, 0.2) is 35.2 Å². The normalized spacial score (nSPS) is 11.5. The lowest BCUT2D eigenvalue weighted by Crippen LogP contribution is -2.14. The van der Waals surface area contributed by atoms with Crippen molar-refractivity contribution in [2.75, 3.05) is 11.1 Å². The Morgan fingerprint density at radius 2 is 1.90 bits per heavy atom. The van der Waals surface area contributed by atoms with E-state index < -0.39 is 10.0 Å². The van der Waals surface area contributed by atoms with Crippen LogP contribution in [0, 0.1) is 0 Å². The molecule has 0 aliphatic rings. The first-order chi connectivity index (χ1) is 9.40. The number of sulfonamides is 1. The van der Waals surface area contributed by atoms with Gasteiger partial charge in [-0.1, -0.05) is 6.92 Å². The molecule has 0 radical (unpaired) electrons. The zero-order valence-corrected chi connectivity index (χ0v) is 12.7. The monoisotopic (exact) mass is 311 g/mol. The largest absolute Gasteiger partial charge is 0.398 e. The summed E-state index contributed by atoms with van der Waals surface area (Å²) in [5, 5.41) is 8.28. The van der Waals surface area contributed by atoms with Gasteiger partial charge in [0.25, 0.3) is 0 Å². The summed E-state index contributed by atoms with van der Waals surface area (Å²) in [6.45, 7) is 2.80. The highest BCUT2D eigenvalue weighted by molar-refractivity contribution is 7.89. The number of anilines is 2. The number of aryl methyl sites for hydroxylation is 1. The smallest absolute Gasteiger partial charge is 0.240 e. The predicted octanol–water partition coefficient (Wildman–Crippen LogP) is 2.15. The fourth-order valence-electron chi connectivity index (χ4n) is 1.81. The van der Waals surface area contributed by atoms with E-state index in [0.29, 0.717) is 6.54 Å². The van der Waals surface area contributed by atoms with Gasteiger partial charge in [0.15, 0.2) is 0 Å². The molecule has 0 fully saturated rings. The Morgan fingerprint density at radius 1 is 1.20 bits per heavy atom. The molecule has 1 aromatic carbocycles. The fourth-order valence-corrected chi connectivity index (χ4v) is 3.36. The van der Waals surface area contributed by atoms with Crippen LogP contribution in [-0.4, -0.2) is 8.42 Å². The second-order valence-corrected chi connectivity index (χ2v) is 7.16. The Bertz CT molecular complexity index is 708. The van der Waals surface area contributed by atoms with Crippen molar-refractivity contribution >= 4 is 32.7 Å². The molecule has 2 rings (SSSR count).